The SMILES string of the molecule is Cc1ccc2c(c1)C1(CCCCC1)C(=O)N2CC(=O)O. The number of fused-ring (bicyclic) bond motifs is 2. The smallest absolute Gasteiger partial charge is 0.323 e. The van der Waals surface area contributed by atoms with Gasteiger partial charge in [0.05, 0.1) is 5.41 Å². The Morgan fingerprint density at radius 1 is 1.30 bits per heavy atom. The van der Waals surface area contributed by atoms with Crippen molar-refractivity contribution in [3.05, 3.63) is 29.3 Å². The average Bonchev–Trinajstić information content (AvgIpc) is 2.63. The summed E-state index contributed by atoms with van der Waals surface area (Å²) < 4.78 is 0. The maximum atomic E-state index is 12.8. The molecule has 4 nitrogen and oxygen atoms in total. The van der Waals surface area contributed by atoms with Crippen LogP contribution in [0.25, 0.3) is 0 Å². The normalized spacial score (nSPS) is 20.2. The van der Waals surface area contributed by atoms with Crippen molar-refractivity contribution >= 4 is 17.6 Å². The molecule has 1 N–H and O–H groups in total. The lowest BCUT2D eigenvalue weighted by atomic mass is 9.70. The Balaban J connectivity index is 2.12. The molecule has 0 saturated heterocycles. The highest BCUT2D eigenvalue weighted by Crippen LogP contribution is 2.50. The van der Waals surface area contributed by atoms with Gasteiger partial charge in [-0.2, -0.15) is 0 Å². The van der Waals surface area contributed by atoms with Crippen molar-refractivity contribution < 1.29 is 14.7 Å². The van der Waals surface area contributed by atoms with E-state index in [1.165, 1.54) is 4.90 Å². The molecule has 1 aliphatic heterocycles. The zero-order valence-electron chi connectivity index (χ0n) is 11.7. The van der Waals surface area contributed by atoms with Gasteiger partial charge >= 0.3 is 5.97 Å². The molecule has 1 fully saturated rings. The molecule has 1 spiro atoms. The van der Waals surface area contributed by atoms with Crippen molar-refractivity contribution in [1.29, 1.82) is 0 Å². The topological polar surface area (TPSA) is 57.6 Å². The summed E-state index contributed by atoms with van der Waals surface area (Å²) in [5.74, 6) is -0.974. The van der Waals surface area contributed by atoms with Gasteiger partial charge in [0.25, 0.3) is 0 Å². The first kappa shape index (κ1) is 13.2. The maximum absolute atomic E-state index is 12.8. The van der Waals surface area contributed by atoms with E-state index in [-0.39, 0.29) is 12.5 Å². The van der Waals surface area contributed by atoms with E-state index in [1.54, 1.807) is 0 Å². The number of aliphatic carboxylic acids is 1. The molecule has 20 heavy (non-hydrogen) atoms. The second-order valence-corrected chi connectivity index (χ2v) is 5.95. The molecular weight excluding hydrogens is 254 g/mol. The van der Waals surface area contributed by atoms with Crippen molar-refractivity contribution in [2.24, 2.45) is 0 Å². The average molecular weight is 273 g/mol. The molecule has 1 aromatic carbocycles. The molecule has 0 atom stereocenters. The minimum Gasteiger partial charge on any atom is -0.480 e. The number of carbonyl (C=O) groups is 2. The number of benzene rings is 1. The fraction of sp³-hybridized carbons (Fsp3) is 0.500. The largest absolute Gasteiger partial charge is 0.480 e. The molecule has 0 radical (unpaired) electrons. The molecule has 0 bridgehead atoms. The van der Waals surface area contributed by atoms with E-state index < -0.39 is 11.4 Å². The number of anilines is 1. The molecule has 2 aliphatic rings. The third-order valence-corrected chi connectivity index (χ3v) is 4.61. The van der Waals surface area contributed by atoms with Crippen LogP contribution >= 0.6 is 0 Å². The van der Waals surface area contributed by atoms with Crippen molar-refractivity contribution in [2.45, 2.75) is 44.4 Å². The monoisotopic (exact) mass is 273 g/mol. The second-order valence-electron chi connectivity index (χ2n) is 5.95. The number of carboxylic acid groups (broad SMARTS) is 1. The molecule has 0 unspecified atom stereocenters. The van der Waals surface area contributed by atoms with E-state index in [1.807, 2.05) is 19.1 Å². The number of nitrogens with zero attached hydrogens (tertiary/aromatic N) is 1. The van der Waals surface area contributed by atoms with Crippen LogP contribution < -0.4 is 4.90 Å². The molecule has 1 aromatic rings. The first-order valence-electron chi connectivity index (χ1n) is 7.19. The minimum atomic E-state index is -0.960. The molecule has 3 rings (SSSR count). The summed E-state index contributed by atoms with van der Waals surface area (Å²) in [7, 11) is 0. The predicted molar refractivity (Wildman–Crippen MR) is 75.9 cm³/mol. The van der Waals surface area contributed by atoms with E-state index >= 15 is 0 Å². The number of hydrogen-bond acceptors (Lipinski definition) is 2. The number of carbonyl (C=O) groups excluding carboxylic acids is 1. The summed E-state index contributed by atoms with van der Waals surface area (Å²) in [4.78, 5) is 25.4. The summed E-state index contributed by atoms with van der Waals surface area (Å²) in [6, 6.07) is 5.91. The summed E-state index contributed by atoms with van der Waals surface area (Å²) in [6.45, 7) is 1.78. The number of rotatable bonds is 2. The first-order valence-corrected chi connectivity index (χ1v) is 7.19. The fourth-order valence-corrected chi connectivity index (χ4v) is 3.68. The second kappa shape index (κ2) is 4.62. The number of hydrogen-bond donors (Lipinski definition) is 1. The zero-order valence-corrected chi connectivity index (χ0v) is 11.7. The molecule has 1 aliphatic carbocycles. The maximum Gasteiger partial charge on any atom is 0.323 e. The minimum absolute atomic E-state index is 0.0137. The highest BCUT2D eigenvalue weighted by molar-refractivity contribution is 6.10. The van der Waals surface area contributed by atoms with Gasteiger partial charge in [0, 0.05) is 5.69 Å². The van der Waals surface area contributed by atoms with Gasteiger partial charge in [0.1, 0.15) is 6.54 Å². The van der Waals surface area contributed by atoms with Crippen LogP contribution in [-0.4, -0.2) is 23.5 Å². The molecule has 4 heteroatoms. The Morgan fingerprint density at radius 2 is 2.00 bits per heavy atom. The van der Waals surface area contributed by atoms with Crippen LogP contribution in [0.3, 0.4) is 0 Å². The van der Waals surface area contributed by atoms with E-state index in [2.05, 4.69) is 6.07 Å². The summed E-state index contributed by atoms with van der Waals surface area (Å²) in [5.41, 5.74) is 2.50. The van der Waals surface area contributed by atoms with Crippen LogP contribution in [0.15, 0.2) is 18.2 Å². The standard InChI is InChI=1S/C16H19NO3/c1-11-5-6-13-12(9-11)16(7-3-2-4-8-16)15(20)17(13)10-14(18)19/h5-6,9H,2-4,7-8,10H2,1H3,(H,18,19). The molecule has 1 saturated carbocycles. The quantitative estimate of drug-likeness (QED) is 0.901. The van der Waals surface area contributed by atoms with Crippen molar-refractivity contribution in [2.75, 3.05) is 11.4 Å². The van der Waals surface area contributed by atoms with Gasteiger partial charge in [-0.05, 0) is 31.4 Å². The number of aryl methyl sites for hydroxylation is 1. The predicted octanol–water partition coefficient (Wildman–Crippen LogP) is 2.63. The van der Waals surface area contributed by atoms with Crippen molar-refractivity contribution in [1.82, 2.24) is 0 Å². The van der Waals surface area contributed by atoms with Crippen molar-refractivity contribution in [3.8, 4) is 0 Å². The highest BCUT2D eigenvalue weighted by Gasteiger charge is 2.51. The Hall–Kier alpha value is -1.84. The van der Waals surface area contributed by atoms with Gasteiger partial charge in [-0.15, -0.1) is 0 Å². The molecule has 1 amide bonds. The van der Waals surface area contributed by atoms with Crippen LogP contribution in [0.5, 0.6) is 0 Å². The first-order chi connectivity index (χ1) is 9.54. The van der Waals surface area contributed by atoms with Gasteiger partial charge in [-0.3, -0.25) is 9.59 Å². The van der Waals surface area contributed by atoms with E-state index in [0.717, 1.165) is 48.9 Å². The van der Waals surface area contributed by atoms with Gasteiger partial charge in [0.2, 0.25) is 5.91 Å². The van der Waals surface area contributed by atoms with Crippen LogP contribution in [0, 0.1) is 6.92 Å². The van der Waals surface area contributed by atoms with E-state index in [0.29, 0.717) is 0 Å². The molecule has 0 aromatic heterocycles. The van der Waals surface area contributed by atoms with Crippen LogP contribution in [0.2, 0.25) is 0 Å². The van der Waals surface area contributed by atoms with E-state index in [9.17, 15) is 9.59 Å². The van der Waals surface area contributed by atoms with Gasteiger partial charge < -0.3 is 10.0 Å². The van der Waals surface area contributed by atoms with Crippen molar-refractivity contribution in [3.63, 3.8) is 0 Å². The Labute approximate surface area is 118 Å². The van der Waals surface area contributed by atoms with Gasteiger partial charge in [-0.25, -0.2) is 0 Å². The number of amides is 1. The summed E-state index contributed by atoms with van der Waals surface area (Å²) in [5, 5.41) is 9.06. The summed E-state index contributed by atoms with van der Waals surface area (Å²) in [6.07, 6.45) is 4.94. The zero-order chi connectivity index (χ0) is 14.3. The molecular formula is C16H19NO3. The fourth-order valence-electron chi connectivity index (χ4n) is 3.68. The summed E-state index contributed by atoms with van der Waals surface area (Å²) >= 11 is 0. The Morgan fingerprint density at radius 3 is 2.65 bits per heavy atom. The van der Waals surface area contributed by atoms with Gasteiger partial charge in [0.15, 0.2) is 0 Å². The molecule has 106 valence electrons. The van der Waals surface area contributed by atoms with Crippen LogP contribution in [0.4, 0.5) is 5.69 Å². The lowest BCUT2D eigenvalue weighted by molar-refractivity contribution is -0.137. The van der Waals surface area contributed by atoms with Gasteiger partial charge in [-0.1, -0.05) is 37.0 Å². The third-order valence-electron chi connectivity index (χ3n) is 4.61. The lowest BCUT2D eigenvalue weighted by Crippen LogP contribution is -2.43. The highest BCUT2D eigenvalue weighted by atomic mass is 16.4. The Bertz CT molecular complexity index is 573. The Kier molecular flexibility index (Phi) is 3.04. The molecule has 1 heterocycles. The third kappa shape index (κ3) is 1.82. The number of carboxylic acids is 1. The van der Waals surface area contributed by atoms with Crippen LogP contribution in [-0.2, 0) is 15.0 Å². The van der Waals surface area contributed by atoms with E-state index in [4.69, 9.17) is 5.11 Å². The lowest BCUT2D eigenvalue weighted by Gasteiger charge is -2.32. The van der Waals surface area contributed by atoms with Crippen LogP contribution in [0.1, 0.15) is 43.2 Å².